The highest BCUT2D eigenvalue weighted by Gasteiger charge is 2.45. The van der Waals surface area contributed by atoms with Crippen LogP contribution in [0, 0.1) is 23.7 Å². The van der Waals surface area contributed by atoms with Crippen molar-refractivity contribution >= 4 is 39.1 Å². The van der Waals surface area contributed by atoms with Crippen molar-refractivity contribution in [2.24, 2.45) is 23.7 Å². The highest BCUT2D eigenvalue weighted by Crippen LogP contribution is 2.47. The lowest BCUT2D eigenvalue weighted by molar-refractivity contribution is -0.140. The summed E-state index contributed by atoms with van der Waals surface area (Å²) in [6, 6.07) is 11.5. The van der Waals surface area contributed by atoms with Gasteiger partial charge in [0.15, 0.2) is 0 Å². The van der Waals surface area contributed by atoms with Crippen molar-refractivity contribution in [3.05, 3.63) is 70.3 Å². The number of carbonyl (C=O) groups is 2. The van der Waals surface area contributed by atoms with Gasteiger partial charge in [0.2, 0.25) is 15.9 Å². The summed E-state index contributed by atoms with van der Waals surface area (Å²) in [6.07, 6.45) is 11.2. The molecule has 0 aromatic heterocycles. The lowest BCUT2D eigenvalue weighted by Gasteiger charge is -2.46. The van der Waals surface area contributed by atoms with Crippen molar-refractivity contribution in [3.8, 4) is 5.75 Å². The summed E-state index contributed by atoms with van der Waals surface area (Å²) in [5.41, 5.74) is 3.29. The van der Waals surface area contributed by atoms with Crippen LogP contribution in [0.1, 0.15) is 87.2 Å². The minimum Gasteiger partial charge on any atom is -0.490 e. The maximum absolute atomic E-state index is 13.5. The molecule has 2 aromatic carbocycles. The molecule has 2 amide bonds. The van der Waals surface area contributed by atoms with Crippen LogP contribution in [0.2, 0.25) is 5.02 Å². The number of nitrogens with one attached hydrogen (secondary N) is 1. The van der Waals surface area contributed by atoms with Gasteiger partial charge in [-0.2, -0.15) is 0 Å². The van der Waals surface area contributed by atoms with E-state index in [1.807, 2.05) is 30.0 Å². The molecular formula is C40H52ClN3O6S. The van der Waals surface area contributed by atoms with Gasteiger partial charge in [-0.15, -0.1) is 0 Å². The molecule has 0 radical (unpaired) electrons. The molecule has 3 aliphatic heterocycles. The molecule has 2 aliphatic carbocycles. The third-order valence-corrected chi connectivity index (χ3v) is 14.7. The van der Waals surface area contributed by atoms with E-state index in [0.717, 1.165) is 68.7 Å². The number of benzene rings is 2. The molecule has 3 heterocycles. The van der Waals surface area contributed by atoms with Gasteiger partial charge in [0.25, 0.3) is 5.91 Å². The Morgan fingerprint density at radius 2 is 1.88 bits per heavy atom. The number of piperidine rings is 1. The number of likely N-dealkylation sites (tertiary alicyclic amines) is 1. The maximum atomic E-state index is 13.5. The third-order valence-electron chi connectivity index (χ3n) is 12.5. The molecular weight excluding hydrogens is 686 g/mol. The number of anilines is 1. The minimum atomic E-state index is -3.97. The first-order valence-corrected chi connectivity index (χ1v) is 20.8. The van der Waals surface area contributed by atoms with Crippen LogP contribution in [0.5, 0.6) is 5.75 Å². The average Bonchev–Trinajstić information content (AvgIpc) is 3.24. The van der Waals surface area contributed by atoms with Crippen molar-refractivity contribution < 1.29 is 27.5 Å². The van der Waals surface area contributed by atoms with E-state index in [4.69, 9.17) is 21.1 Å². The molecule has 2 bridgehead atoms. The fourth-order valence-electron chi connectivity index (χ4n) is 8.84. The summed E-state index contributed by atoms with van der Waals surface area (Å²) in [5.74, 6) is 0.921. The number of aryl methyl sites for hydroxylation is 1. The molecule has 1 saturated carbocycles. The van der Waals surface area contributed by atoms with E-state index in [0.29, 0.717) is 37.8 Å². The standard InChI is InChI=1S/C40H52ClN3O6S/c1-26-15-18-43(19-16-26)38(45)23-49-36-8-4-6-27(2)28(3)51(47,48)42-39(46)30-10-14-37-35(21-30)44(22-31-9-12-33(31)36)24-40(25-50-37)17-5-7-29-20-32(41)11-13-34(29)40/h4,8,10-11,13-14,20-21,26-28,31,33,36H,5-7,9,12,15-19,22-25H2,1-3H3,(H,42,46)/b8-4+/t27-,28+,31-,33+,36-,40-/m0/s1. The predicted molar refractivity (Wildman–Crippen MR) is 200 cm³/mol. The van der Waals surface area contributed by atoms with Crippen molar-refractivity contribution in [3.63, 3.8) is 0 Å². The molecule has 2 aromatic rings. The van der Waals surface area contributed by atoms with Gasteiger partial charge in [-0.1, -0.05) is 43.7 Å². The molecule has 51 heavy (non-hydrogen) atoms. The monoisotopic (exact) mass is 737 g/mol. The molecule has 0 unspecified atom stereocenters. The quantitative estimate of drug-likeness (QED) is 0.358. The van der Waals surface area contributed by atoms with Gasteiger partial charge in [-0.25, -0.2) is 13.1 Å². The number of hydrogen-bond donors (Lipinski definition) is 1. The molecule has 1 N–H and O–H groups in total. The Bertz CT molecular complexity index is 1770. The molecule has 5 aliphatic rings. The lowest BCUT2D eigenvalue weighted by atomic mass is 9.68. The van der Waals surface area contributed by atoms with Gasteiger partial charge < -0.3 is 19.3 Å². The van der Waals surface area contributed by atoms with E-state index in [9.17, 15) is 18.0 Å². The topological polar surface area (TPSA) is 105 Å². The maximum Gasteiger partial charge on any atom is 0.264 e. The molecule has 6 atom stereocenters. The molecule has 1 spiro atoms. The summed E-state index contributed by atoms with van der Waals surface area (Å²) in [5, 5.41) is -0.0778. The summed E-state index contributed by atoms with van der Waals surface area (Å²) < 4.78 is 42.4. The first-order valence-electron chi connectivity index (χ1n) is 18.8. The minimum absolute atomic E-state index is 0.0329. The van der Waals surface area contributed by atoms with E-state index in [-0.39, 0.29) is 47.4 Å². The molecule has 9 nitrogen and oxygen atoms in total. The third kappa shape index (κ3) is 7.56. The Morgan fingerprint density at radius 1 is 1.08 bits per heavy atom. The molecule has 1 saturated heterocycles. The normalized spacial score (nSPS) is 31.7. The van der Waals surface area contributed by atoms with Crippen LogP contribution in [0.3, 0.4) is 0 Å². The number of nitrogens with zero attached hydrogens (tertiary/aromatic N) is 2. The Kier molecular flexibility index (Phi) is 10.5. The Balaban J connectivity index is 1.23. The number of sulfonamides is 1. The number of amides is 2. The van der Waals surface area contributed by atoms with E-state index < -0.39 is 21.2 Å². The van der Waals surface area contributed by atoms with Crippen LogP contribution in [0.4, 0.5) is 5.69 Å². The predicted octanol–water partition coefficient (Wildman–Crippen LogP) is 6.53. The Morgan fingerprint density at radius 3 is 2.65 bits per heavy atom. The van der Waals surface area contributed by atoms with E-state index in [2.05, 4.69) is 34.8 Å². The molecule has 276 valence electrons. The summed E-state index contributed by atoms with van der Waals surface area (Å²) >= 11 is 6.46. The smallest absolute Gasteiger partial charge is 0.264 e. The number of ether oxygens (including phenoxy) is 2. The first kappa shape index (κ1) is 36.3. The van der Waals surface area contributed by atoms with Crippen LogP contribution in [0.25, 0.3) is 0 Å². The van der Waals surface area contributed by atoms with Crippen molar-refractivity contribution in [2.75, 3.05) is 44.3 Å². The van der Waals surface area contributed by atoms with Crippen LogP contribution in [-0.4, -0.2) is 75.9 Å². The number of hydrogen-bond acceptors (Lipinski definition) is 7. The molecule has 11 heteroatoms. The van der Waals surface area contributed by atoms with Crippen LogP contribution < -0.4 is 14.4 Å². The molecule has 7 rings (SSSR count). The average molecular weight is 738 g/mol. The van der Waals surface area contributed by atoms with Crippen LogP contribution in [-0.2, 0) is 31.4 Å². The van der Waals surface area contributed by atoms with Crippen LogP contribution >= 0.6 is 11.6 Å². The van der Waals surface area contributed by atoms with Gasteiger partial charge >= 0.3 is 0 Å². The van der Waals surface area contributed by atoms with Gasteiger partial charge in [0.05, 0.1) is 23.6 Å². The fourth-order valence-corrected chi connectivity index (χ4v) is 10.3. The van der Waals surface area contributed by atoms with Gasteiger partial charge in [-0.05, 0) is 123 Å². The molecule has 2 fully saturated rings. The second-order valence-corrected chi connectivity index (χ2v) is 18.4. The van der Waals surface area contributed by atoms with Crippen molar-refractivity contribution in [1.29, 1.82) is 0 Å². The second kappa shape index (κ2) is 14.7. The zero-order valence-corrected chi connectivity index (χ0v) is 31.7. The van der Waals surface area contributed by atoms with E-state index >= 15 is 0 Å². The zero-order valence-electron chi connectivity index (χ0n) is 30.1. The number of carbonyl (C=O) groups excluding carboxylic acids is 2. The highest BCUT2D eigenvalue weighted by atomic mass is 35.5. The number of rotatable bonds is 3. The number of halogens is 1. The van der Waals surface area contributed by atoms with Gasteiger partial charge in [0, 0.05) is 42.2 Å². The van der Waals surface area contributed by atoms with Gasteiger partial charge in [-0.3, -0.25) is 9.59 Å². The van der Waals surface area contributed by atoms with Crippen LogP contribution in [0.15, 0.2) is 48.6 Å². The Hall–Kier alpha value is -3.08. The second-order valence-electron chi connectivity index (χ2n) is 15.9. The summed E-state index contributed by atoms with van der Waals surface area (Å²) in [6.45, 7) is 9.22. The number of fused-ring (bicyclic) bond motifs is 4. The van der Waals surface area contributed by atoms with Crippen molar-refractivity contribution in [2.45, 2.75) is 88.9 Å². The number of allylic oxidation sites excluding steroid dienone is 1. The largest absolute Gasteiger partial charge is 0.490 e. The highest BCUT2D eigenvalue weighted by molar-refractivity contribution is 7.90. The first-order chi connectivity index (χ1) is 24.4. The zero-order chi connectivity index (χ0) is 35.9. The SMILES string of the molecule is CC1CCN(C(=O)CO[C@H]2/C=C/C[C@H](C)[C@@H](C)S(=O)(=O)NC(=O)c3ccc4c(c3)N(C[C@@H]3CC[C@H]32)C[C@@]2(CCCc3cc(Cl)ccc32)CO4)CC1. The summed E-state index contributed by atoms with van der Waals surface area (Å²) in [7, 11) is -3.97. The lowest BCUT2D eigenvalue weighted by Crippen LogP contribution is -2.50. The van der Waals surface area contributed by atoms with Gasteiger partial charge in [0.1, 0.15) is 12.4 Å². The Labute approximate surface area is 308 Å². The summed E-state index contributed by atoms with van der Waals surface area (Å²) in [4.78, 5) is 31.1. The fraction of sp³-hybridized carbons (Fsp3) is 0.600. The van der Waals surface area contributed by atoms with E-state index in [1.54, 1.807) is 19.1 Å². The van der Waals surface area contributed by atoms with Crippen molar-refractivity contribution in [1.82, 2.24) is 9.62 Å². The van der Waals surface area contributed by atoms with E-state index in [1.165, 1.54) is 11.1 Å².